The van der Waals surface area contributed by atoms with Crippen molar-refractivity contribution in [2.24, 2.45) is 11.7 Å². The quantitative estimate of drug-likeness (QED) is 0.657. The number of nitrogens with zero attached hydrogens (tertiary/aromatic N) is 1. The summed E-state index contributed by atoms with van der Waals surface area (Å²) in [6, 6.07) is 1.49. The highest BCUT2D eigenvalue weighted by Crippen LogP contribution is 2.23. The molecule has 0 bridgehead atoms. The molecule has 2 amide bonds. The number of nitrogens with two attached hydrogens (primary N) is 1. The van der Waals surface area contributed by atoms with Crippen LogP contribution in [0.5, 0.6) is 0 Å². The van der Waals surface area contributed by atoms with Gasteiger partial charge < -0.3 is 15.8 Å². The van der Waals surface area contributed by atoms with Gasteiger partial charge in [-0.05, 0) is 24.3 Å². The zero-order valence-corrected chi connectivity index (χ0v) is 15.2. The molecule has 25 heavy (non-hydrogen) atoms. The maximum absolute atomic E-state index is 12.0. The molecule has 1 saturated heterocycles. The fourth-order valence-electron chi connectivity index (χ4n) is 2.44. The maximum atomic E-state index is 12.0. The zero-order valence-electron chi connectivity index (χ0n) is 13.6. The number of esters is 1. The number of piperidine rings is 1. The summed E-state index contributed by atoms with van der Waals surface area (Å²) in [7, 11) is -3.26. The lowest BCUT2D eigenvalue weighted by atomic mass is 9.98. The summed E-state index contributed by atoms with van der Waals surface area (Å²) in [5.74, 6) is -2.21. The highest BCUT2D eigenvalue weighted by Gasteiger charge is 2.30. The van der Waals surface area contributed by atoms with Crippen molar-refractivity contribution in [1.82, 2.24) is 4.31 Å². The van der Waals surface area contributed by atoms with Crippen molar-refractivity contribution in [2.75, 3.05) is 31.3 Å². The number of hydrogen-bond acceptors (Lipinski definition) is 7. The number of carbonyl (C=O) groups excluding carboxylic acids is 3. The molecule has 3 N–H and O–H groups in total. The van der Waals surface area contributed by atoms with Gasteiger partial charge in [0, 0.05) is 13.1 Å². The number of anilines is 1. The Morgan fingerprint density at radius 1 is 1.36 bits per heavy atom. The highest BCUT2D eigenvalue weighted by atomic mass is 32.2. The maximum Gasteiger partial charge on any atom is 0.309 e. The van der Waals surface area contributed by atoms with Gasteiger partial charge in [-0.25, -0.2) is 12.7 Å². The largest absolute Gasteiger partial charge is 0.455 e. The summed E-state index contributed by atoms with van der Waals surface area (Å²) in [6.45, 7) is 0.0190. The molecule has 1 aromatic rings. The summed E-state index contributed by atoms with van der Waals surface area (Å²) in [5.41, 5.74) is 5.37. The predicted octanol–water partition coefficient (Wildman–Crippen LogP) is 0.000300. The van der Waals surface area contributed by atoms with E-state index < -0.39 is 40.3 Å². The van der Waals surface area contributed by atoms with Crippen LogP contribution in [0.2, 0.25) is 0 Å². The Bertz CT molecular complexity index is 765. The van der Waals surface area contributed by atoms with Crippen LogP contribution >= 0.6 is 11.3 Å². The normalized spacial score (nSPS) is 16.4. The lowest BCUT2D eigenvalue weighted by Gasteiger charge is -2.28. The summed E-state index contributed by atoms with van der Waals surface area (Å²) < 4.78 is 29.2. The van der Waals surface area contributed by atoms with Crippen molar-refractivity contribution in [3.63, 3.8) is 0 Å². The van der Waals surface area contributed by atoms with E-state index in [0.29, 0.717) is 17.8 Å². The number of amides is 2. The minimum atomic E-state index is -3.26. The number of primary amides is 1. The number of sulfonamides is 1. The number of nitrogens with one attached hydrogen (secondary N) is 1. The number of hydrogen-bond donors (Lipinski definition) is 2. The smallest absolute Gasteiger partial charge is 0.309 e. The first-order valence-electron chi connectivity index (χ1n) is 7.47. The topological polar surface area (TPSA) is 136 Å². The fraction of sp³-hybridized carbons (Fsp3) is 0.500. The van der Waals surface area contributed by atoms with E-state index >= 15 is 0 Å². The Hall–Kier alpha value is -1.98. The van der Waals surface area contributed by atoms with Crippen LogP contribution in [0.15, 0.2) is 11.4 Å². The number of rotatable bonds is 6. The molecule has 0 aliphatic carbocycles. The van der Waals surface area contributed by atoms with Gasteiger partial charge in [0.05, 0.1) is 17.7 Å². The number of carbonyl (C=O) groups is 3. The summed E-state index contributed by atoms with van der Waals surface area (Å²) in [4.78, 5) is 35.0. The SMILES string of the molecule is CS(=O)(=O)N1CCC(C(=O)OCC(=O)Nc2sccc2C(N)=O)CC1. The van der Waals surface area contributed by atoms with Gasteiger partial charge in [-0.15, -0.1) is 11.3 Å². The van der Waals surface area contributed by atoms with Crippen LogP contribution in [0.1, 0.15) is 23.2 Å². The molecule has 0 saturated carbocycles. The van der Waals surface area contributed by atoms with Crippen molar-refractivity contribution in [3.05, 3.63) is 17.0 Å². The van der Waals surface area contributed by atoms with E-state index in [1.807, 2.05) is 0 Å². The predicted molar refractivity (Wildman–Crippen MR) is 91.6 cm³/mol. The van der Waals surface area contributed by atoms with Gasteiger partial charge in [-0.2, -0.15) is 0 Å². The van der Waals surface area contributed by atoms with Crippen LogP contribution in [0.25, 0.3) is 0 Å². The van der Waals surface area contributed by atoms with E-state index in [9.17, 15) is 22.8 Å². The first-order chi connectivity index (χ1) is 11.7. The first kappa shape index (κ1) is 19.3. The van der Waals surface area contributed by atoms with Crippen molar-refractivity contribution >= 4 is 44.1 Å². The Morgan fingerprint density at radius 2 is 2.00 bits per heavy atom. The van der Waals surface area contributed by atoms with Gasteiger partial charge in [0.15, 0.2) is 6.61 Å². The summed E-state index contributed by atoms with van der Waals surface area (Å²) in [6.07, 6.45) is 1.83. The van der Waals surface area contributed by atoms with E-state index in [0.717, 1.165) is 17.6 Å². The molecule has 0 unspecified atom stereocenters. The third-order valence-corrected chi connectivity index (χ3v) is 5.92. The van der Waals surface area contributed by atoms with Crippen LogP contribution in [0.3, 0.4) is 0 Å². The monoisotopic (exact) mass is 389 g/mol. The third kappa shape index (κ3) is 5.25. The van der Waals surface area contributed by atoms with E-state index in [-0.39, 0.29) is 18.7 Å². The van der Waals surface area contributed by atoms with Crippen molar-refractivity contribution in [2.45, 2.75) is 12.8 Å². The Balaban J connectivity index is 1.79. The molecule has 0 aromatic carbocycles. The lowest BCUT2D eigenvalue weighted by molar-refractivity contribution is -0.152. The van der Waals surface area contributed by atoms with E-state index in [1.54, 1.807) is 5.38 Å². The average Bonchev–Trinajstić information content (AvgIpc) is 3.00. The highest BCUT2D eigenvalue weighted by molar-refractivity contribution is 7.88. The Morgan fingerprint density at radius 3 is 2.56 bits per heavy atom. The van der Waals surface area contributed by atoms with Crippen molar-refractivity contribution < 1.29 is 27.5 Å². The molecule has 9 nitrogen and oxygen atoms in total. The van der Waals surface area contributed by atoms with Crippen molar-refractivity contribution in [1.29, 1.82) is 0 Å². The molecule has 1 aliphatic rings. The second kappa shape index (κ2) is 7.93. The average molecular weight is 389 g/mol. The van der Waals surface area contributed by atoms with Gasteiger partial charge in [0.1, 0.15) is 5.00 Å². The molecule has 0 spiro atoms. The second-order valence-corrected chi connectivity index (χ2v) is 8.52. The Kier molecular flexibility index (Phi) is 6.14. The molecule has 2 heterocycles. The number of thiophene rings is 1. The molecule has 0 atom stereocenters. The standard InChI is InChI=1S/C14H19N3O6S2/c1-25(21,22)17-5-2-9(3-6-17)14(20)23-8-11(18)16-13-10(12(15)19)4-7-24-13/h4,7,9H,2-3,5-6,8H2,1H3,(H2,15,19)(H,16,18). The third-order valence-electron chi connectivity index (χ3n) is 3.79. The van der Waals surface area contributed by atoms with Crippen LogP contribution in [-0.4, -0.2) is 56.5 Å². The van der Waals surface area contributed by atoms with E-state index in [2.05, 4.69) is 5.32 Å². The zero-order chi connectivity index (χ0) is 18.6. The molecule has 0 radical (unpaired) electrons. The van der Waals surface area contributed by atoms with Gasteiger partial charge in [-0.3, -0.25) is 14.4 Å². The van der Waals surface area contributed by atoms with Crippen LogP contribution in [-0.2, 0) is 24.3 Å². The lowest BCUT2D eigenvalue weighted by Crippen LogP contribution is -2.40. The molecule has 1 aromatic heterocycles. The van der Waals surface area contributed by atoms with Crippen LogP contribution in [0.4, 0.5) is 5.00 Å². The molecule has 138 valence electrons. The van der Waals surface area contributed by atoms with Gasteiger partial charge in [0.25, 0.3) is 11.8 Å². The molecule has 1 fully saturated rings. The fourth-order valence-corrected chi connectivity index (χ4v) is 4.12. The van der Waals surface area contributed by atoms with Gasteiger partial charge in [0.2, 0.25) is 10.0 Å². The van der Waals surface area contributed by atoms with Crippen LogP contribution in [0, 0.1) is 5.92 Å². The molecule has 2 rings (SSSR count). The van der Waals surface area contributed by atoms with E-state index in [1.165, 1.54) is 10.4 Å². The molecule has 1 aliphatic heterocycles. The van der Waals surface area contributed by atoms with E-state index in [4.69, 9.17) is 10.5 Å². The summed E-state index contributed by atoms with van der Waals surface area (Å²) >= 11 is 1.14. The minimum absolute atomic E-state index is 0.192. The number of ether oxygens (including phenoxy) is 1. The molecule has 11 heteroatoms. The van der Waals surface area contributed by atoms with Crippen molar-refractivity contribution in [3.8, 4) is 0 Å². The molecular formula is C14H19N3O6S2. The summed E-state index contributed by atoms with van der Waals surface area (Å²) in [5, 5.41) is 4.38. The van der Waals surface area contributed by atoms with Gasteiger partial charge in [-0.1, -0.05) is 0 Å². The first-order valence-corrected chi connectivity index (χ1v) is 10.2. The molecular weight excluding hydrogens is 370 g/mol. The van der Waals surface area contributed by atoms with Gasteiger partial charge >= 0.3 is 5.97 Å². The minimum Gasteiger partial charge on any atom is -0.455 e. The van der Waals surface area contributed by atoms with Crippen LogP contribution < -0.4 is 11.1 Å². The Labute approximate surface area is 149 Å². The second-order valence-electron chi connectivity index (χ2n) is 5.62.